The average molecular weight is 395 g/mol. The molecule has 0 fully saturated rings. The van der Waals surface area contributed by atoms with Crippen LogP contribution in [0, 0.1) is 17.5 Å². The molecule has 0 unspecified atom stereocenters. The number of nitrogens with zero attached hydrogens (tertiary/aromatic N) is 2. The van der Waals surface area contributed by atoms with Crippen molar-refractivity contribution in [3.63, 3.8) is 0 Å². The van der Waals surface area contributed by atoms with Gasteiger partial charge in [0.05, 0.1) is 23.8 Å². The maximum absolute atomic E-state index is 13.6. The van der Waals surface area contributed by atoms with Gasteiger partial charge in [-0.3, -0.25) is 4.72 Å². The van der Waals surface area contributed by atoms with E-state index < -0.39 is 33.2 Å². The summed E-state index contributed by atoms with van der Waals surface area (Å²) < 4.78 is 71.8. The minimum atomic E-state index is -4.04. The molecular weight excluding hydrogens is 383 g/mol. The maximum atomic E-state index is 13.6. The first-order valence-electron chi connectivity index (χ1n) is 7.51. The first-order chi connectivity index (χ1) is 12.8. The van der Waals surface area contributed by atoms with Crippen molar-refractivity contribution in [1.29, 1.82) is 0 Å². The summed E-state index contributed by atoms with van der Waals surface area (Å²) >= 11 is 0. The van der Waals surface area contributed by atoms with Gasteiger partial charge in [-0.25, -0.2) is 31.6 Å². The first kappa shape index (κ1) is 18.6. The molecule has 1 aromatic heterocycles. The van der Waals surface area contributed by atoms with Crippen molar-refractivity contribution >= 4 is 15.7 Å². The highest BCUT2D eigenvalue weighted by molar-refractivity contribution is 7.91. The van der Waals surface area contributed by atoms with Crippen molar-refractivity contribution in [1.82, 2.24) is 9.97 Å². The van der Waals surface area contributed by atoms with Crippen LogP contribution in [0.15, 0.2) is 54.9 Å². The van der Waals surface area contributed by atoms with E-state index in [1.165, 1.54) is 18.2 Å². The number of benzene rings is 2. The highest BCUT2D eigenvalue weighted by Gasteiger charge is 2.16. The zero-order valence-electron chi connectivity index (χ0n) is 13.6. The second-order valence-electron chi connectivity index (χ2n) is 5.38. The standard InChI is InChI=1S/C17H12F3N3O3S/c18-12-5-6-14(19)11(7-12)10-27(24,25)23-13-8-21-17(22-9-13)26-16-4-2-1-3-15(16)20/h1-9,23H,10H2. The minimum Gasteiger partial charge on any atom is -0.421 e. The molecule has 3 aromatic rings. The fourth-order valence-electron chi connectivity index (χ4n) is 2.12. The lowest BCUT2D eigenvalue weighted by atomic mass is 10.2. The Morgan fingerprint density at radius 3 is 2.37 bits per heavy atom. The van der Waals surface area contributed by atoms with Gasteiger partial charge in [-0.15, -0.1) is 0 Å². The lowest BCUT2D eigenvalue weighted by molar-refractivity contribution is 0.411. The van der Waals surface area contributed by atoms with Crippen LogP contribution in [0.25, 0.3) is 0 Å². The molecule has 0 aliphatic heterocycles. The molecule has 0 spiro atoms. The van der Waals surface area contributed by atoms with Crippen LogP contribution in [0.4, 0.5) is 18.9 Å². The van der Waals surface area contributed by atoms with E-state index in [1.54, 1.807) is 6.07 Å². The predicted molar refractivity (Wildman–Crippen MR) is 91.1 cm³/mol. The molecule has 27 heavy (non-hydrogen) atoms. The Morgan fingerprint density at radius 1 is 0.963 bits per heavy atom. The van der Waals surface area contributed by atoms with Crippen LogP contribution >= 0.6 is 0 Å². The van der Waals surface area contributed by atoms with E-state index in [-0.39, 0.29) is 23.0 Å². The highest BCUT2D eigenvalue weighted by Crippen LogP contribution is 2.22. The van der Waals surface area contributed by atoms with Gasteiger partial charge in [0.2, 0.25) is 10.0 Å². The number of anilines is 1. The summed E-state index contributed by atoms with van der Waals surface area (Å²) in [7, 11) is -4.04. The lowest BCUT2D eigenvalue weighted by Crippen LogP contribution is -2.16. The third-order valence-corrected chi connectivity index (χ3v) is 4.53. The van der Waals surface area contributed by atoms with Gasteiger partial charge in [0, 0.05) is 5.56 Å². The van der Waals surface area contributed by atoms with Gasteiger partial charge in [0.25, 0.3) is 0 Å². The summed E-state index contributed by atoms with van der Waals surface area (Å²) in [6.07, 6.45) is 2.20. The van der Waals surface area contributed by atoms with E-state index >= 15 is 0 Å². The molecule has 2 aromatic carbocycles. The smallest absolute Gasteiger partial charge is 0.322 e. The van der Waals surface area contributed by atoms with Crippen molar-refractivity contribution < 1.29 is 26.3 Å². The molecule has 1 N–H and O–H groups in total. The van der Waals surface area contributed by atoms with Crippen LogP contribution in [0.5, 0.6) is 11.8 Å². The summed E-state index contributed by atoms with van der Waals surface area (Å²) in [5.41, 5.74) is -0.337. The second kappa shape index (κ2) is 7.62. The second-order valence-corrected chi connectivity index (χ2v) is 7.11. The van der Waals surface area contributed by atoms with Crippen LogP contribution < -0.4 is 9.46 Å². The Kier molecular flexibility index (Phi) is 5.26. The van der Waals surface area contributed by atoms with E-state index in [0.717, 1.165) is 30.6 Å². The number of ether oxygens (including phenoxy) is 1. The number of para-hydroxylation sites is 1. The van der Waals surface area contributed by atoms with Crippen molar-refractivity contribution in [2.24, 2.45) is 0 Å². The molecule has 0 aliphatic rings. The molecule has 0 radical (unpaired) electrons. The summed E-state index contributed by atoms with van der Waals surface area (Å²) in [4.78, 5) is 7.55. The van der Waals surface area contributed by atoms with Crippen LogP contribution in [0.1, 0.15) is 5.56 Å². The first-order valence-corrected chi connectivity index (χ1v) is 9.16. The fourth-order valence-corrected chi connectivity index (χ4v) is 3.29. The van der Waals surface area contributed by atoms with Gasteiger partial charge in [0.15, 0.2) is 11.6 Å². The topological polar surface area (TPSA) is 81.2 Å². The van der Waals surface area contributed by atoms with Gasteiger partial charge >= 0.3 is 6.01 Å². The Bertz CT molecular complexity index is 1060. The number of hydrogen-bond acceptors (Lipinski definition) is 5. The van der Waals surface area contributed by atoms with Gasteiger partial charge < -0.3 is 4.74 Å². The molecule has 6 nitrogen and oxygen atoms in total. The van der Waals surface area contributed by atoms with Crippen molar-refractivity contribution in [3.8, 4) is 11.8 Å². The largest absolute Gasteiger partial charge is 0.421 e. The summed E-state index contributed by atoms with van der Waals surface area (Å²) in [6, 6.07) is 7.97. The number of hydrogen-bond donors (Lipinski definition) is 1. The SMILES string of the molecule is O=S(=O)(Cc1cc(F)ccc1F)Nc1cnc(Oc2ccccc2F)nc1. The van der Waals surface area contributed by atoms with E-state index in [0.29, 0.717) is 0 Å². The van der Waals surface area contributed by atoms with Gasteiger partial charge in [-0.05, 0) is 30.3 Å². The van der Waals surface area contributed by atoms with Crippen LogP contribution in [0.3, 0.4) is 0 Å². The summed E-state index contributed by atoms with van der Waals surface area (Å²) in [5.74, 6) is -3.06. The minimum absolute atomic E-state index is 0.0207. The summed E-state index contributed by atoms with van der Waals surface area (Å²) in [6.45, 7) is 0. The molecule has 140 valence electrons. The van der Waals surface area contributed by atoms with Crippen LogP contribution in [-0.4, -0.2) is 18.4 Å². The molecule has 0 atom stereocenters. The highest BCUT2D eigenvalue weighted by atomic mass is 32.2. The molecular formula is C17H12F3N3O3S. The van der Waals surface area contributed by atoms with Crippen molar-refractivity contribution in [2.45, 2.75) is 5.75 Å². The molecule has 0 saturated carbocycles. The average Bonchev–Trinajstić information content (AvgIpc) is 2.61. The van der Waals surface area contributed by atoms with Gasteiger partial charge in [0.1, 0.15) is 11.6 Å². The predicted octanol–water partition coefficient (Wildman–Crippen LogP) is 3.63. The molecule has 0 amide bonds. The third kappa shape index (κ3) is 4.94. The van der Waals surface area contributed by atoms with Crippen molar-refractivity contribution in [3.05, 3.63) is 77.9 Å². The molecule has 0 bridgehead atoms. The zero-order valence-corrected chi connectivity index (χ0v) is 14.4. The number of halogens is 3. The quantitative estimate of drug-likeness (QED) is 0.689. The van der Waals surface area contributed by atoms with Crippen LogP contribution in [0.2, 0.25) is 0 Å². The number of sulfonamides is 1. The van der Waals surface area contributed by atoms with Crippen molar-refractivity contribution in [2.75, 3.05) is 4.72 Å². The molecule has 1 heterocycles. The number of nitrogens with one attached hydrogen (secondary N) is 1. The Hall–Kier alpha value is -3.14. The summed E-state index contributed by atoms with van der Waals surface area (Å²) in [5, 5.41) is 0. The van der Waals surface area contributed by atoms with E-state index in [9.17, 15) is 21.6 Å². The Labute approximate surface area is 152 Å². The Balaban J connectivity index is 1.70. The van der Waals surface area contributed by atoms with Gasteiger partial charge in [-0.1, -0.05) is 12.1 Å². The molecule has 0 aliphatic carbocycles. The van der Waals surface area contributed by atoms with Gasteiger partial charge in [-0.2, -0.15) is 0 Å². The fraction of sp³-hybridized carbons (Fsp3) is 0.0588. The van der Waals surface area contributed by atoms with E-state index in [4.69, 9.17) is 4.74 Å². The number of aromatic nitrogens is 2. The normalized spacial score (nSPS) is 11.2. The molecule has 3 rings (SSSR count). The zero-order chi connectivity index (χ0) is 19.4. The molecule has 10 heteroatoms. The van der Waals surface area contributed by atoms with E-state index in [2.05, 4.69) is 14.7 Å². The molecule has 0 saturated heterocycles. The van der Waals surface area contributed by atoms with Crippen LogP contribution in [-0.2, 0) is 15.8 Å². The monoisotopic (exact) mass is 395 g/mol. The Morgan fingerprint density at radius 2 is 1.67 bits per heavy atom. The lowest BCUT2D eigenvalue weighted by Gasteiger charge is -2.09. The van der Waals surface area contributed by atoms with E-state index in [1.807, 2.05) is 0 Å². The maximum Gasteiger partial charge on any atom is 0.322 e. The third-order valence-electron chi connectivity index (χ3n) is 3.29. The number of rotatable bonds is 6.